The van der Waals surface area contributed by atoms with Crippen LogP contribution in [-0.4, -0.2) is 30.0 Å². The van der Waals surface area contributed by atoms with Crippen LogP contribution in [0.3, 0.4) is 0 Å². The van der Waals surface area contributed by atoms with E-state index in [-0.39, 0.29) is 23.5 Å². The number of benzene rings is 2. The number of rotatable bonds is 8. The highest BCUT2D eigenvalue weighted by molar-refractivity contribution is 5.96. The molecule has 0 heterocycles. The van der Waals surface area contributed by atoms with Crippen molar-refractivity contribution in [3.63, 3.8) is 0 Å². The van der Waals surface area contributed by atoms with E-state index in [9.17, 15) is 19.7 Å². The molecule has 142 valence electrons. The van der Waals surface area contributed by atoms with Crippen molar-refractivity contribution in [2.45, 2.75) is 25.9 Å². The lowest BCUT2D eigenvalue weighted by Crippen LogP contribution is -2.30. The van der Waals surface area contributed by atoms with Gasteiger partial charge in [0, 0.05) is 18.6 Å². The average molecular weight is 372 g/mol. The predicted octanol–water partition coefficient (Wildman–Crippen LogP) is 3.11. The van der Waals surface area contributed by atoms with Gasteiger partial charge in [0.05, 0.1) is 17.7 Å². The number of nitro benzene ring substituents is 1. The Morgan fingerprint density at radius 2 is 1.89 bits per heavy atom. The number of hydrogen-bond acceptors (Lipinski definition) is 6. The molecule has 0 bridgehead atoms. The smallest absolute Gasteiger partial charge is 0.306 e. The van der Waals surface area contributed by atoms with Crippen LogP contribution in [0.4, 0.5) is 11.4 Å². The minimum absolute atomic E-state index is 0.129. The van der Waals surface area contributed by atoms with Crippen molar-refractivity contribution in [3.8, 4) is 5.75 Å². The van der Waals surface area contributed by atoms with E-state index in [0.717, 1.165) is 5.56 Å². The van der Waals surface area contributed by atoms with Gasteiger partial charge in [0.15, 0.2) is 6.10 Å². The van der Waals surface area contributed by atoms with Gasteiger partial charge in [-0.05, 0) is 25.0 Å². The molecule has 8 heteroatoms. The van der Waals surface area contributed by atoms with Gasteiger partial charge < -0.3 is 14.8 Å². The zero-order valence-electron chi connectivity index (χ0n) is 15.0. The van der Waals surface area contributed by atoms with Crippen molar-refractivity contribution in [2.75, 3.05) is 12.4 Å². The van der Waals surface area contributed by atoms with E-state index in [1.807, 2.05) is 30.3 Å². The number of nitro groups is 1. The minimum Gasteiger partial charge on any atom is -0.495 e. The first-order chi connectivity index (χ1) is 12.9. The second-order valence-electron chi connectivity index (χ2n) is 5.75. The Morgan fingerprint density at radius 3 is 2.52 bits per heavy atom. The largest absolute Gasteiger partial charge is 0.495 e. The summed E-state index contributed by atoms with van der Waals surface area (Å²) >= 11 is 0. The molecule has 8 nitrogen and oxygen atoms in total. The molecule has 1 amide bonds. The van der Waals surface area contributed by atoms with Crippen molar-refractivity contribution in [2.24, 2.45) is 0 Å². The van der Waals surface area contributed by atoms with Gasteiger partial charge in [-0.1, -0.05) is 30.3 Å². The van der Waals surface area contributed by atoms with Gasteiger partial charge in [0.2, 0.25) is 0 Å². The highest BCUT2D eigenvalue weighted by Crippen LogP contribution is 2.29. The lowest BCUT2D eigenvalue weighted by atomic mass is 10.1. The monoisotopic (exact) mass is 372 g/mol. The van der Waals surface area contributed by atoms with E-state index in [4.69, 9.17) is 9.47 Å². The Balaban J connectivity index is 1.94. The van der Waals surface area contributed by atoms with Gasteiger partial charge in [-0.15, -0.1) is 0 Å². The minimum atomic E-state index is -1.06. The number of nitrogens with one attached hydrogen (secondary N) is 1. The van der Waals surface area contributed by atoms with Crippen LogP contribution < -0.4 is 10.1 Å². The second-order valence-corrected chi connectivity index (χ2v) is 5.75. The molecule has 0 saturated carbocycles. The lowest BCUT2D eigenvalue weighted by molar-refractivity contribution is -0.384. The number of methoxy groups -OCH3 is 1. The normalized spacial score (nSPS) is 11.3. The molecule has 0 aromatic heterocycles. The van der Waals surface area contributed by atoms with Gasteiger partial charge >= 0.3 is 5.97 Å². The highest BCUT2D eigenvalue weighted by Gasteiger charge is 2.20. The van der Waals surface area contributed by atoms with Crippen molar-refractivity contribution in [3.05, 3.63) is 64.2 Å². The van der Waals surface area contributed by atoms with Crippen LogP contribution in [0, 0.1) is 10.1 Å². The molecule has 0 saturated heterocycles. The Hall–Kier alpha value is -3.42. The third kappa shape index (κ3) is 5.81. The van der Waals surface area contributed by atoms with Crippen LogP contribution in [0.5, 0.6) is 5.75 Å². The number of hydrogen-bond donors (Lipinski definition) is 1. The molecule has 0 aliphatic rings. The van der Waals surface area contributed by atoms with E-state index in [1.54, 1.807) is 0 Å². The van der Waals surface area contributed by atoms with Crippen LogP contribution in [0.15, 0.2) is 48.5 Å². The SMILES string of the molecule is COc1ccc([N+](=O)[O-])cc1NC(=O)[C@@H](C)OC(=O)CCc1ccccc1. The summed E-state index contributed by atoms with van der Waals surface area (Å²) in [5.74, 6) is -0.856. The zero-order valence-corrected chi connectivity index (χ0v) is 15.0. The Kier molecular flexibility index (Phi) is 6.87. The molecule has 2 rings (SSSR count). The topological polar surface area (TPSA) is 108 Å². The van der Waals surface area contributed by atoms with Crippen LogP contribution in [0.1, 0.15) is 18.9 Å². The Morgan fingerprint density at radius 1 is 1.19 bits per heavy atom. The number of amides is 1. The molecule has 27 heavy (non-hydrogen) atoms. The quantitative estimate of drug-likeness (QED) is 0.433. The Bertz CT molecular complexity index is 822. The number of carbonyl (C=O) groups excluding carboxylic acids is 2. The number of aryl methyl sites for hydroxylation is 1. The van der Waals surface area contributed by atoms with Crippen LogP contribution in [-0.2, 0) is 20.7 Å². The summed E-state index contributed by atoms with van der Waals surface area (Å²) in [5, 5.41) is 13.4. The number of esters is 1. The van der Waals surface area contributed by atoms with E-state index < -0.39 is 22.9 Å². The molecule has 1 atom stereocenters. The first-order valence-corrected chi connectivity index (χ1v) is 8.27. The third-order valence-electron chi connectivity index (χ3n) is 3.79. The Labute approximate surface area is 156 Å². The van der Waals surface area contributed by atoms with Crippen molar-refractivity contribution < 1.29 is 24.0 Å². The standard InChI is InChI=1S/C19H20N2O6/c1-13(27-18(22)11-8-14-6-4-3-5-7-14)19(23)20-16-12-15(21(24)25)9-10-17(16)26-2/h3-7,9-10,12-13H,8,11H2,1-2H3,(H,20,23)/t13-/m1/s1. The summed E-state index contributed by atoms with van der Waals surface area (Å²) in [7, 11) is 1.38. The predicted molar refractivity (Wildman–Crippen MR) is 98.6 cm³/mol. The number of ether oxygens (including phenoxy) is 2. The molecule has 0 radical (unpaired) electrons. The maximum Gasteiger partial charge on any atom is 0.306 e. The van der Waals surface area contributed by atoms with Gasteiger partial charge in [0.25, 0.3) is 11.6 Å². The first kappa shape index (κ1) is 19.9. The molecule has 0 fully saturated rings. The van der Waals surface area contributed by atoms with Crippen molar-refractivity contribution in [1.82, 2.24) is 0 Å². The van der Waals surface area contributed by atoms with Gasteiger partial charge in [0.1, 0.15) is 5.75 Å². The summed E-state index contributed by atoms with van der Waals surface area (Å²) in [6.45, 7) is 1.43. The summed E-state index contributed by atoms with van der Waals surface area (Å²) in [5.41, 5.74) is 0.926. The fraction of sp³-hybridized carbons (Fsp3) is 0.263. The second kappa shape index (κ2) is 9.33. The van der Waals surface area contributed by atoms with E-state index >= 15 is 0 Å². The van der Waals surface area contributed by atoms with Crippen molar-refractivity contribution >= 4 is 23.3 Å². The molecular formula is C19H20N2O6. The third-order valence-corrected chi connectivity index (χ3v) is 3.79. The summed E-state index contributed by atoms with van der Waals surface area (Å²) in [6, 6.07) is 13.3. The molecule has 1 N–H and O–H groups in total. The maximum atomic E-state index is 12.3. The first-order valence-electron chi connectivity index (χ1n) is 8.27. The molecule has 0 spiro atoms. The molecular weight excluding hydrogens is 352 g/mol. The summed E-state index contributed by atoms with van der Waals surface area (Å²) in [6.07, 6.45) is -0.411. The molecule has 0 unspecified atom stereocenters. The fourth-order valence-corrected chi connectivity index (χ4v) is 2.34. The van der Waals surface area contributed by atoms with Gasteiger partial charge in [-0.3, -0.25) is 19.7 Å². The number of carbonyl (C=O) groups is 2. The number of non-ortho nitro benzene ring substituents is 1. The van der Waals surface area contributed by atoms with Crippen LogP contribution >= 0.6 is 0 Å². The highest BCUT2D eigenvalue weighted by atomic mass is 16.6. The van der Waals surface area contributed by atoms with Crippen molar-refractivity contribution in [1.29, 1.82) is 0 Å². The molecule has 2 aromatic carbocycles. The summed E-state index contributed by atoms with van der Waals surface area (Å²) < 4.78 is 10.2. The van der Waals surface area contributed by atoms with Crippen LogP contribution in [0.25, 0.3) is 0 Å². The van der Waals surface area contributed by atoms with E-state index in [2.05, 4.69) is 5.32 Å². The average Bonchev–Trinajstić information content (AvgIpc) is 2.67. The maximum absolute atomic E-state index is 12.3. The van der Waals surface area contributed by atoms with Crippen LogP contribution in [0.2, 0.25) is 0 Å². The molecule has 0 aliphatic heterocycles. The number of anilines is 1. The van der Waals surface area contributed by atoms with E-state index in [1.165, 1.54) is 32.2 Å². The number of nitrogens with zero attached hydrogens (tertiary/aromatic N) is 1. The lowest BCUT2D eigenvalue weighted by Gasteiger charge is -2.15. The fourth-order valence-electron chi connectivity index (χ4n) is 2.34. The molecule has 0 aliphatic carbocycles. The molecule has 2 aromatic rings. The van der Waals surface area contributed by atoms with Gasteiger partial charge in [-0.25, -0.2) is 0 Å². The summed E-state index contributed by atoms with van der Waals surface area (Å²) in [4.78, 5) is 34.5. The van der Waals surface area contributed by atoms with E-state index in [0.29, 0.717) is 6.42 Å². The van der Waals surface area contributed by atoms with Gasteiger partial charge in [-0.2, -0.15) is 0 Å². The zero-order chi connectivity index (χ0) is 19.8.